The van der Waals surface area contributed by atoms with Gasteiger partial charge in [0.2, 0.25) is 5.91 Å². The first-order valence-corrected chi connectivity index (χ1v) is 12.3. The minimum atomic E-state index is -0.509. The molecule has 0 spiro atoms. The molecule has 1 heterocycles. The molecule has 0 aliphatic rings. The number of carbonyl (C=O) groups is 2. The number of hydrogen-bond acceptors (Lipinski definition) is 5. The lowest BCUT2D eigenvalue weighted by Gasteiger charge is -2.24. The number of aromatic nitrogens is 2. The van der Waals surface area contributed by atoms with Gasteiger partial charge in [-0.05, 0) is 37.5 Å². The minimum Gasteiger partial charge on any atom is -0.329 e. The first-order chi connectivity index (χ1) is 17.3. The summed E-state index contributed by atoms with van der Waals surface area (Å²) in [6.45, 7) is 13.7. The molecule has 2 amide bonds. The predicted octanol–water partition coefficient (Wildman–Crippen LogP) is 5.43. The fraction of sp³-hybridized carbons (Fsp3) is 0.393. The van der Waals surface area contributed by atoms with Crippen LogP contribution in [0.3, 0.4) is 0 Å². The maximum absolute atomic E-state index is 13.3. The molecule has 1 aromatic heterocycles. The largest absolute Gasteiger partial charge is 0.329 e. The molecule has 2 aromatic carbocycles. The van der Waals surface area contributed by atoms with E-state index >= 15 is 0 Å². The molecule has 3 rings (SSSR count). The van der Waals surface area contributed by atoms with E-state index in [2.05, 4.69) is 5.32 Å². The molecule has 0 saturated heterocycles. The summed E-state index contributed by atoms with van der Waals surface area (Å²) < 4.78 is 1.71. The van der Waals surface area contributed by atoms with Gasteiger partial charge in [-0.15, -0.1) is 0 Å². The quantitative estimate of drug-likeness (QED) is 0.324. The number of nitro groups is 1. The topological polar surface area (TPSA) is 110 Å². The van der Waals surface area contributed by atoms with E-state index in [4.69, 9.17) is 5.10 Å². The van der Waals surface area contributed by atoms with Gasteiger partial charge in [0.15, 0.2) is 0 Å². The van der Waals surface area contributed by atoms with Crippen LogP contribution in [0.15, 0.2) is 48.5 Å². The molecule has 0 unspecified atom stereocenters. The summed E-state index contributed by atoms with van der Waals surface area (Å²) in [6, 6.07) is 14.0. The second kappa shape index (κ2) is 10.9. The summed E-state index contributed by atoms with van der Waals surface area (Å²) in [5.41, 5.74) is 2.92. The van der Waals surface area contributed by atoms with Crippen molar-refractivity contribution in [3.63, 3.8) is 0 Å². The fourth-order valence-corrected chi connectivity index (χ4v) is 3.96. The molecule has 0 aliphatic carbocycles. The van der Waals surface area contributed by atoms with Crippen molar-refractivity contribution < 1.29 is 14.5 Å². The zero-order valence-corrected chi connectivity index (χ0v) is 22.5. The van der Waals surface area contributed by atoms with Crippen molar-refractivity contribution in [2.75, 3.05) is 18.4 Å². The van der Waals surface area contributed by atoms with Crippen LogP contribution in [-0.4, -0.2) is 44.5 Å². The summed E-state index contributed by atoms with van der Waals surface area (Å²) in [6.07, 6.45) is 0. The lowest BCUT2D eigenvalue weighted by atomic mass is 9.92. The van der Waals surface area contributed by atoms with Crippen molar-refractivity contribution in [1.82, 2.24) is 14.7 Å². The third-order valence-electron chi connectivity index (χ3n) is 5.95. The predicted molar refractivity (Wildman–Crippen MR) is 144 cm³/mol. The Morgan fingerprint density at radius 2 is 1.76 bits per heavy atom. The smallest absolute Gasteiger partial charge is 0.273 e. The summed E-state index contributed by atoms with van der Waals surface area (Å²) in [5, 5.41) is 19.1. The number of anilines is 1. The average Bonchev–Trinajstić information content (AvgIpc) is 3.22. The Kier molecular flexibility index (Phi) is 8.15. The number of para-hydroxylation sites is 1. The van der Waals surface area contributed by atoms with Crippen LogP contribution in [0.2, 0.25) is 0 Å². The zero-order valence-electron chi connectivity index (χ0n) is 22.5. The van der Waals surface area contributed by atoms with E-state index in [1.165, 1.54) is 11.0 Å². The number of rotatable bonds is 8. The summed E-state index contributed by atoms with van der Waals surface area (Å²) in [7, 11) is 0. The van der Waals surface area contributed by atoms with Crippen LogP contribution >= 0.6 is 0 Å². The number of amides is 2. The minimum absolute atomic E-state index is 0.0853. The lowest BCUT2D eigenvalue weighted by Crippen LogP contribution is -2.40. The van der Waals surface area contributed by atoms with Gasteiger partial charge in [0.05, 0.1) is 16.3 Å². The number of aryl methyl sites for hydroxylation is 2. The normalized spacial score (nSPS) is 11.5. The zero-order chi connectivity index (χ0) is 27.5. The van der Waals surface area contributed by atoms with Crippen LogP contribution in [0, 0.1) is 29.9 Å². The molecule has 196 valence electrons. The number of nitrogens with zero attached hydrogens (tertiary/aromatic N) is 4. The summed E-state index contributed by atoms with van der Waals surface area (Å²) >= 11 is 0. The molecule has 0 aliphatic heterocycles. The van der Waals surface area contributed by atoms with E-state index in [-0.39, 0.29) is 35.0 Å². The molecule has 9 heteroatoms. The van der Waals surface area contributed by atoms with Gasteiger partial charge in [-0.2, -0.15) is 5.10 Å². The monoisotopic (exact) mass is 505 g/mol. The SMILES string of the molecule is Cc1ccccc1-n1nc(C(C)(C)C)cc1NC(=O)CN(CC(C)C)C(=O)c1ccc(C)c([N+](=O)[O-])c1. The van der Waals surface area contributed by atoms with Gasteiger partial charge < -0.3 is 10.2 Å². The molecule has 3 aromatic rings. The Hall–Kier alpha value is -4.01. The maximum Gasteiger partial charge on any atom is 0.273 e. The van der Waals surface area contributed by atoms with Crippen molar-refractivity contribution in [1.29, 1.82) is 0 Å². The number of nitrogens with one attached hydrogen (secondary N) is 1. The van der Waals surface area contributed by atoms with Gasteiger partial charge in [0.1, 0.15) is 12.4 Å². The molecule has 9 nitrogen and oxygen atoms in total. The van der Waals surface area contributed by atoms with Crippen molar-refractivity contribution >= 4 is 23.3 Å². The van der Waals surface area contributed by atoms with E-state index in [1.807, 2.05) is 71.9 Å². The molecule has 0 fully saturated rings. The van der Waals surface area contributed by atoms with Crippen molar-refractivity contribution in [2.24, 2.45) is 5.92 Å². The third kappa shape index (κ3) is 6.61. The van der Waals surface area contributed by atoms with Gasteiger partial charge in [-0.25, -0.2) is 4.68 Å². The molecule has 0 saturated carbocycles. The number of benzene rings is 2. The highest BCUT2D eigenvalue weighted by Gasteiger charge is 2.25. The first-order valence-electron chi connectivity index (χ1n) is 12.3. The fourth-order valence-electron chi connectivity index (χ4n) is 3.96. The van der Waals surface area contributed by atoms with Crippen LogP contribution in [0.1, 0.15) is 61.8 Å². The number of nitro benzene ring substituents is 1. The summed E-state index contributed by atoms with van der Waals surface area (Å²) in [4.78, 5) is 38.9. The number of hydrogen-bond donors (Lipinski definition) is 1. The van der Waals surface area contributed by atoms with Crippen molar-refractivity contribution in [3.05, 3.63) is 81.0 Å². The van der Waals surface area contributed by atoms with E-state index in [1.54, 1.807) is 23.7 Å². The van der Waals surface area contributed by atoms with Crippen molar-refractivity contribution in [3.8, 4) is 5.69 Å². The highest BCUT2D eigenvalue weighted by Crippen LogP contribution is 2.27. The van der Waals surface area contributed by atoms with E-state index in [0.29, 0.717) is 17.9 Å². The highest BCUT2D eigenvalue weighted by molar-refractivity contribution is 5.99. The van der Waals surface area contributed by atoms with E-state index < -0.39 is 10.8 Å². The van der Waals surface area contributed by atoms with Crippen LogP contribution in [0.25, 0.3) is 5.69 Å². The van der Waals surface area contributed by atoms with Crippen LogP contribution in [0.5, 0.6) is 0 Å². The molecule has 0 atom stereocenters. The molecular formula is C28H35N5O4. The van der Waals surface area contributed by atoms with E-state index in [0.717, 1.165) is 16.9 Å². The average molecular weight is 506 g/mol. The molecule has 0 radical (unpaired) electrons. The van der Waals surface area contributed by atoms with E-state index in [9.17, 15) is 19.7 Å². The molecule has 1 N–H and O–H groups in total. The Balaban J connectivity index is 1.91. The Labute approximate surface area is 217 Å². The van der Waals surface area contributed by atoms with Crippen LogP contribution in [-0.2, 0) is 10.2 Å². The van der Waals surface area contributed by atoms with Gasteiger partial charge in [0, 0.05) is 35.2 Å². The van der Waals surface area contributed by atoms with Crippen molar-refractivity contribution in [2.45, 2.75) is 53.9 Å². The lowest BCUT2D eigenvalue weighted by molar-refractivity contribution is -0.385. The number of carbonyl (C=O) groups excluding carboxylic acids is 2. The second-order valence-corrected chi connectivity index (χ2v) is 10.7. The van der Waals surface area contributed by atoms with Crippen LogP contribution < -0.4 is 5.32 Å². The Bertz CT molecular complexity index is 1320. The Morgan fingerprint density at radius 1 is 1.08 bits per heavy atom. The van der Waals surface area contributed by atoms with Gasteiger partial charge in [0.25, 0.3) is 11.6 Å². The van der Waals surface area contributed by atoms with Crippen LogP contribution in [0.4, 0.5) is 11.5 Å². The van der Waals surface area contributed by atoms with Gasteiger partial charge in [-0.1, -0.05) is 58.9 Å². The standard InChI is InChI=1S/C28H35N5O4/c1-18(2)16-31(27(35)21-13-12-20(4)23(14-21)33(36)37)17-26(34)29-25-15-24(28(5,6)7)30-32(25)22-11-9-8-10-19(22)3/h8-15,18H,16-17H2,1-7H3,(H,29,34). The van der Waals surface area contributed by atoms with Gasteiger partial charge >= 0.3 is 0 Å². The molecule has 0 bridgehead atoms. The first kappa shape index (κ1) is 27.6. The summed E-state index contributed by atoms with van der Waals surface area (Å²) in [5.74, 6) is -0.227. The van der Waals surface area contributed by atoms with Gasteiger partial charge in [-0.3, -0.25) is 19.7 Å². The highest BCUT2D eigenvalue weighted by atomic mass is 16.6. The molecule has 37 heavy (non-hydrogen) atoms. The third-order valence-corrected chi connectivity index (χ3v) is 5.95. The molecular weight excluding hydrogens is 470 g/mol. The Morgan fingerprint density at radius 3 is 2.35 bits per heavy atom. The second-order valence-electron chi connectivity index (χ2n) is 10.7. The maximum atomic E-state index is 13.3.